The number of rotatable bonds is 6. The number of methoxy groups -OCH3 is 1. The Labute approximate surface area is 174 Å². The largest absolute Gasteiger partial charge is 0.487 e. The van der Waals surface area contributed by atoms with Crippen molar-refractivity contribution in [2.45, 2.75) is 19.6 Å². The summed E-state index contributed by atoms with van der Waals surface area (Å²) in [5.74, 6) is -1.12. The fraction of sp³-hybridized carbons (Fsp3) is 0.263. The normalized spacial score (nSPS) is 11.5. The van der Waals surface area contributed by atoms with Crippen molar-refractivity contribution in [3.8, 4) is 10.8 Å². The maximum absolute atomic E-state index is 13.8. The maximum Gasteiger partial charge on any atom is 0.437 e. The first-order chi connectivity index (χ1) is 13.8. The minimum atomic E-state index is -4.75. The van der Waals surface area contributed by atoms with Gasteiger partial charge in [0.25, 0.3) is 0 Å². The molecule has 5 nitrogen and oxygen atoms in total. The van der Waals surface area contributed by atoms with Gasteiger partial charge in [0.15, 0.2) is 10.8 Å². The molecule has 0 N–H and O–H groups in total. The number of carbonyl (C=O) groups excluding carboxylic acids is 1. The molecule has 0 saturated heterocycles. The van der Waals surface area contributed by atoms with Crippen LogP contribution >= 0.6 is 22.9 Å². The smallest absolute Gasteiger partial charge is 0.437 e. The predicted molar refractivity (Wildman–Crippen MR) is 106 cm³/mol. The van der Waals surface area contributed by atoms with E-state index in [2.05, 4.69) is 5.10 Å². The van der Waals surface area contributed by atoms with E-state index in [4.69, 9.17) is 16.3 Å². The lowest BCUT2D eigenvalue weighted by molar-refractivity contribution is -0.140. The first-order valence-corrected chi connectivity index (χ1v) is 9.82. The van der Waals surface area contributed by atoms with Crippen molar-refractivity contribution in [3.63, 3.8) is 0 Å². The van der Waals surface area contributed by atoms with E-state index < -0.39 is 23.7 Å². The van der Waals surface area contributed by atoms with Gasteiger partial charge in [0.1, 0.15) is 5.88 Å². The number of anilines is 1. The lowest BCUT2D eigenvalue weighted by atomic mass is 10.2. The van der Waals surface area contributed by atoms with Crippen LogP contribution in [0.2, 0.25) is 0 Å². The molecule has 0 bridgehead atoms. The van der Waals surface area contributed by atoms with E-state index >= 15 is 0 Å². The zero-order chi connectivity index (χ0) is 21.2. The third-order valence-electron chi connectivity index (χ3n) is 4.19. The average molecular weight is 444 g/mol. The van der Waals surface area contributed by atoms with Crippen LogP contribution in [0.25, 0.3) is 5.69 Å². The van der Waals surface area contributed by atoms with E-state index in [-0.39, 0.29) is 17.9 Å². The molecule has 0 atom stereocenters. The number of hydrogen-bond donors (Lipinski definition) is 0. The van der Waals surface area contributed by atoms with Crippen LogP contribution in [0.1, 0.15) is 16.3 Å². The highest BCUT2D eigenvalue weighted by molar-refractivity contribution is 7.13. The molecule has 1 amide bonds. The van der Waals surface area contributed by atoms with Crippen molar-refractivity contribution in [3.05, 3.63) is 58.7 Å². The van der Waals surface area contributed by atoms with E-state index in [1.54, 1.807) is 42.5 Å². The Morgan fingerprint density at radius 3 is 2.48 bits per heavy atom. The molecule has 0 radical (unpaired) electrons. The van der Waals surface area contributed by atoms with Gasteiger partial charge in [-0.1, -0.05) is 18.2 Å². The van der Waals surface area contributed by atoms with E-state index in [1.807, 2.05) is 0 Å². The molecule has 3 aromatic rings. The fourth-order valence-electron chi connectivity index (χ4n) is 2.90. The monoisotopic (exact) mass is 443 g/mol. The molecule has 0 spiro atoms. The summed E-state index contributed by atoms with van der Waals surface area (Å²) in [6.07, 6.45) is -4.75. The van der Waals surface area contributed by atoms with Crippen LogP contribution in [0, 0.1) is 6.92 Å². The Morgan fingerprint density at radius 1 is 1.24 bits per heavy atom. The molecule has 0 aliphatic rings. The van der Waals surface area contributed by atoms with E-state index in [0.717, 1.165) is 4.90 Å². The number of carbonyl (C=O) groups is 1. The second-order valence-electron chi connectivity index (χ2n) is 6.07. The Balaban J connectivity index is 2.15. The molecule has 3 rings (SSSR count). The van der Waals surface area contributed by atoms with E-state index in [1.165, 1.54) is 30.1 Å². The molecule has 0 fully saturated rings. The summed E-state index contributed by atoms with van der Waals surface area (Å²) in [5.41, 5.74) is -0.802. The molecule has 29 heavy (non-hydrogen) atoms. The number of alkyl halides is 4. The highest BCUT2D eigenvalue weighted by atomic mass is 35.5. The highest BCUT2D eigenvalue weighted by Gasteiger charge is 2.41. The minimum absolute atomic E-state index is 0.0794. The molecule has 2 aromatic heterocycles. The van der Waals surface area contributed by atoms with Gasteiger partial charge in [-0.2, -0.15) is 18.3 Å². The number of nitrogens with zero attached hydrogens (tertiary/aromatic N) is 3. The van der Waals surface area contributed by atoms with Gasteiger partial charge in [-0.15, -0.1) is 22.9 Å². The third-order valence-corrected chi connectivity index (χ3v) is 5.45. The minimum Gasteiger partial charge on any atom is -0.487 e. The van der Waals surface area contributed by atoms with Crippen LogP contribution in [-0.2, 0) is 17.5 Å². The molecular weight excluding hydrogens is 427 g/mol. The summed E-state index contributed by atoms with van der Waals surface area (Å²) in [6.45, 7) is 1.41. The van der Waals surface area contributed by atoms with Gasteiger partial charge in [-0.05, 0) is 31.2 Å². The third kappa shape index (κ3) is 4.40. The van der Waals surface area contributed by atoms with Crippen molar-refractivity contribution in [1.82, 2.24) is 9.78 Å². The lowest BCUT2D eigenvalue weighted by Crippen LogP contribution is -2.33. The van der Waals surface area contributed by atoms with Crippen molar-refractivity contribution in [1.29, 1.82) is 0 Å². The molecule has 1 aromatic carbocycles. The van der Waals surface area contributed by atoms with Gasteiger partial charge in [0.2, 0.25) is 5.91 Å². The van der Waals surface area contributed by atoms with Gasteiger partial charge >= 0.3 is 6.18 Å². The highest BCUT2D eigenvalue weighted by Crippen LogP contribution is 2.40. The van der Waals surface area contributed by atoms with Crippen LogP contribution < -0.4 is 9.64 Å². The maximum atomic E-state index is 13.8. The molecule has 10 heteroatoms. The standard InChI is InChI=1S/C19H17ClF3N3O2S/c1-12-17(25(15(27)10-20)11-14-8-9-16(28-2)29-14)18(19(21,22)23)24-26(12)13-6-4-3-5-7-13/h3-9H,10-11H2,1-2H3. The molecule has 0 aliphatic carbocycles. The summed E-state index contributed by atoms with van der Waals surface area (Å²) in [7, 11) is 1.49. The fourth-order valence-corrected chi connectivity index (χ4v) is 3.85. The number of benzene rings is 1. The van der Waals surface area contributed by atoms with E-state index in [9.17, 15) is 18.0 Å². The first kappa shape index (κ1) is 21.2. The van der Waals surface area contributed by atoms with Gasteiger partial charge < -0.3 is 9.64 Å². The Kier molecular flexibility index (Phi) is 6.18. The average Bonchev–Trinajstić information content (AvgIpc) is 3.30. The number of aromatic nitrogens is 2. The summed E-state index contributed by atoms with van der Waals surface area (Å²) >= 11 is 6.96. The molecule has 154 valence electrons. The second kappa shape index (κ2) is 8.46. The van der Waals surface area contributed by atoms with Crippen LogP contribution in [0.15, 0.2) is 42.5 Å². The quantitative estimate of drug-likeness (QED) is 0.501. The summed E-state index contributed by atoms with van der Waals surface area (Å²) < 4.78 is 47.8. The van der Waals surface area contributed by atoms with Gasteiger partial charge in [0, 0.05) is 4.88 Å². The summed E-state index contributed by atoms with van der Waals surface area (Å²) in [6, 6.07) is 11.8. The number of ether oxygens (including phenoxy) is 1. The first-order valence-electron chi connectivity index (χ1n) is 8.47. The number of amides is 1. The Hall–Kier alpha value is -2.52. The van der Waals surface area contributed by atoms with Crippen LogP contribution in [-0.4, -0.2) is 28.7 Å². The van der Waals surface area contributed by atoms with Crippen LogP contribution in [0.4, 0.5) is 18.9 Å². The molecule has 0 unspecified atom stereocenters. The van der Waals surface area contributed by atoms with Crippen molar-refractivity contribution in [2.24, 2.45) is 0 Å². The number of thiophene rings is 1. The zero-order valence-electron chi connectivity index (χ0n) is 15.5. The zero-order valence-corrected chi connectivity index (χ0v) is 17.1. The lowest BCUT2D eigenvalue weighted by Gasteiger charge is -2.23. The van der Waals surface area contributed by atoms with E-state index in [0.29, 0.717) is 15.6 Å². The topological polar surface area (TPSA) is 47.4 Å². The SMILES string of the molecule is COc1ccc(CN(C(=O)CCl)c2c(C(F)(F)F)nn(-c3ccccc3)c2C)s1. The van der Waals surface area contributed by atoms with Crippen LogP contribution in [0.3, 0.4) is 0 Å². The molecule has 2 heterocycles. The molecule has 0 saturated carbocycles. The van der Waals surface area contributed by atoms with Crippen molar-refractivity contribution >= 4 is 34.5 Å². The number of hydrogen-bond acceptors (Lipinski definition) is 4. The summed E-state index contributed by atoms with van der Waals surface area (Å²) in [4.78, 5) is 14.2. The Morgan fingerprint density at radius 2 is 1.93 bits per heavy atom. The van der Waals surface area contributed by atoms with Gasteiger partial charge in [-0.3, -0.25) is 4.79 Å². The number of halogens is 4. The van der Waals surface area contributed by atoms with Crippen molar-refractivity contribution < 1.29 is 22.7 Å². The summed E-state index contributed by atoms with van der Waals surface area (Å²) in [5, 5.41) is 4.37. The van der Waals surface area contributed by atoms with Gasteiger partial charge in [0.05, 0.1) is 30.7 Å². The number of para-hydroxylation sites is 1. The van der Waals surface area contributed by atoms with Crippen molar-refractivity contribution in [2.75, 3.05) is 17.9 Å². The van der Waals surface area contributed by atoms with Gasteiger partial charge in [-0.25, -0.2) is 4.68 Å². The molecule has 0 aliphatic heterocycles. The second-order valence-corrected chi connectivity index (χ2v) is 7.46. The molecular formula is C19H17ClF3N3O2S. The predicted octanol–water partition coefficient (Wildman–Crippen LogP) is 5.04. The van der Waals surface area contributed by atoms with Crippen LogP contribution in [0.5, 0.6) is 5.06 Å². The Bertz CT molecular complexity index is 1000.